The number of aliphatic hydroxyl groups is 1. The van der Waals surface area contributed by atoms with Crippen LogP contribution < -0.4 is 10.2 Å². The average Bonchev–Trinajstić information content (AvgIpc) is 2.98. The van der Waals surface area contributed by atoms with Gasteiger partial charge in [0.1, 0.15) is 5.75 Å². The van der Waals surface area contributed by atoms with Crippen LogP contribution in [0.5, 0.6) is 5.75 Å². The second-order valence-corrected chi connectivity index (χ2v) is 9.66. The fourth-order valence-corrected chi connectivity index (χ4v) is 4.68. The number of benzene rings is 5. The van der Waals surface area contributed by atoms with E-state index >= 15 is 0 Å². The van der Waals surface area contributed by atoms with Crippen LogP contribution in [0.25, 0.3) is 10.8 Å². The van der Waals surface area contributed by atoms with Gasteiger partial charge < -0.3 is 9.84 Å². The van der Waals surface area contributed by atoms with E-state index in [1.165, 1.54) is 6.21 Å². The maximum absolute atomic E-state index is 13.3. The van der Waals surface area contributed by atoms with Crippen molar-refractivity contribution in [1.29, 1.82) is 0 Å². The lowest BCUT2D eigenvalue weighted by atomic mass is 9.85. The third-order valence-electron chi connectivity index (χ3n) is 6.27. The SMILES string of the molecule is O=C(Oc1ccc(Br)cc1/C=N\NC(=O)C(O)(c1ccccc1)c1ccccc1)c1cccc2ccccc12. The molecule has 0 spiro atoms. The summed E-state index contributed by atoms with van der Waals surface area (Å²) in [4.78, 5) is 26.4. The lowest BCUT2D eigenvalue weighted by Gasteiger charge is -2.27. The highest BCUT2D eigenvalue weighted by atomic mass is 79.9. The number of rotatable bonds is 7. The number of ether oxygens (including phenoxy) is 1. The molecule has 6 nitrogen and oxygen atoms in total. The van der Waals surface area contributed by atoms with Gasteiger partial charge in [0.15, 0.2) is 5.60 Å². The fourth-order valence-electron chi connectivity index (χ4n) is 4.30. The molecule has 0 fully saturated rings. The van der Waals surface area contributed by atoms with E-state index in [-0.39, 0.29) is 5.75 Å². The first-order valence-corrected chi connectivity index (χ1v) is 12.9. The maximum atomic E-state index is 13.3. The van der Waals surface area contributed by atoms with Gasteiger partial charge in [-0.15, -0.1) is 0 Å². The Hall–Kier alpha value is -4.59. The summed E-state index contributed by atoms with van der Waals surface area (Å²) in [6.45, 7) is 0. The standard InChI is InChI=1S/C32H23BrN2O4/c33-26-18-19-29(39-30(36)28-17-9-11-22-10-7-8-16-27(22)28)23(20-26)21-34-35-31(37)32(38,24-12-3-1-4-13-24)25-14-5-2-6-15-25/h1-21,38H,(H,35,37)/b34-21-. The van der Waals surface area contributed by atoms with Crippen molar-refractivity contribution >= 4 is 44.8 Å². The van der Waals surface area contributed by atoms with Crippen molar-refractivity contribution in [3.63, 3.8) is 0 Å². The van der Waals surface area contributed by atoms with E-state index in [2.05, 4.69) is 26.5 Å². The summed E-state index contributed by atoms with van der Waals surface area (Å²) < 4.78 is 6.47. The first-order valence-electron chi connectivity index (χ1n) is 12.1. The number of carbonyl (C=O) groups is 2. The summed E-state index contributed by atoms with van der Waals surface area (Å²) in [6, 6.07) is 35.4. The van der Waals surface area contributed by atoms with Gasteiger partial charge >= 0.3 is 5.97 Å². The van der Waals surface area contributed by atoms with E-state index in [9.17, 15) is 14.7 Å². The Morgan fingerprint density at radius 3 is 2.10 bits per heavy atom. The van der Waals surface area contributed by atoms with Gasteiger partial charge in [0.05, 0.1) is 11.8 Å². The Morgan fingerprint density at radius 1 is 0.795 bits per heavy atom. The first-order chi connectivity index (χ1) is 19.0. The molecule has 0 saturated carbocycles. The highest BCUT2D eigenvalue weighted by Gasteiger charge is 2.39. The summed E-state index contributed by atoms with van der Waals surface area (Å²) in [5.41, 5.74) is 2.16. The quantitative estimate of drug-likeness (QED) is 0.104. The molecule has 192 valence electrons. The number of esters is 1. The highest BCUT2D eigenvalue weighted by Crippen LogP contribution is 2.30. The van der Waals surface area contributed by atoms with Crippen molar-refractivity contribution in [2.24, 2.45) is 5.10 Å². The van der Waals surface area contributed by atoms with Gasteiger partial charge in [-0.05, 0) is 46.2 Å². The Kier molecular flexibility index (Phi) is 7.63. The number of halogens is 1. The summed E-state index contributed by atoms with van der Waals surface area (Å²) in [5.74, 6) is -0.994. The third kappa shape index (κ3) is 5.50. The van der Waals surface area contributed by atoms with Crippen LogP contribution in [0.2, 0.25) is 0 Å². The summed E-state index contributed by atoms with van der Waals surface area (Å²) in [5, 5.41) is 17.4. The molecule has 7 heteroatoms. The summed E-state index contributed by atoms with van der Waals surface area (Å²) >= 11 is 3.42. The molecule has 5 rings (SSSR count). The van der Waals surface area contributed by atoms with Gasteiger partial charge in [-0.25, -0.2) is 10.2 Å². The number of hydrogen-bond acceptors (Lipinski definition) is 5. The number of nitrogens with one attached hydrogen (secondary N) is 1. The van der Waals surface area contributed by atoms with Crippen LogP contribution in [0.3, 0.4) is 0 Å². The number of nitrogens with zero attached hydrogens (tertiary/aromatic N) is 1. The van der Waals surface area contributed by atoms with Gasteiger partial charge in [-0.3, -0.25) is 4.79 Å². The lowest BCUT2D eigenvalue weighted by molar-refractivity contribution is -0.136. The van der Waals surface area contributed by atoms with Crippen LogP contribution in [0.4, 0.5) is 0 Å². The Bertz CT molecular complexity index is 1630. The molecule has 5 aromatic carbocycles. The molecule has 0 unspecified atom stereocenters. The second kappa shape index (κ2) is 11.4. The van der Waals surface area contributed by atoms with Crippen LogP contribution in [0, 0.1) is 0 Å². The Morgan fingerprint density at radius 2 is 1.41 bits per heavy atom. The number of hydrogen-bond donors (Lipinski definition) is 2. The normalized spacial score (nSPS) is 11.4. The molecular weight excluding hydrogens is 556 g/mol. The molecule has 39 heavy (non-hydrogen) atoms. The number of carbonyl (C=O) groups excluding carboxylic acids is 2. The fraction of sp³-hybridized carbons (Fsp3) is 0.0312. The molecule has 0 bridgehead atoms. The Labute approximate surface area is 233 Å². The number of fused-ring (bicyclic) bond motifs is 1. The molecule has 0 saturated heterocycles. The van der Waals surface area contributed by atoms with Crippen LogP contribution in [-0.2, 0) is 10.4 Å². The van der Waals surface area contributed by atoms with Crippen molar-refractivity contribution in [3.05, 3.63) is 148 Å². The van der Waals surface area contributed by atoms with Gasteiger partial charge in [0.2, 0.25) is 0 Å². The second-order valence-electron chi connectivity index (χ2n) is 8.74. The van der Waals surface area contributed by atoms with Crippen LogP contribution in [-0.4, -0.2) is 23.2 Å². The molecule has 0 aliphatic rings. The molecular formula is C32H23BrN2O4. The summed E-state index contributed by atoms with van der Waals surface area (Å²) in [7, 11) is 0. The van der Waals surface area contributed by atoms with Crippen LogP contribution in [0.1, 0.15) is 27.0 Å². The van der Waals surface area contributed by atoms with Crippen molar-refractivity contribution in [3.8, 4) is 5.75 Å². The number of hydrazone groups is 1. The van der Waals surface area contributed by atoms with Gasteiger partial charge in [-0.1, -0.05) is 113 Å². The maximum Gasteiger partial charge on any atom is 0.344 e. The van der Waals surface area contributed by atoms with Gasteiger partial charge in [0, 0.05) is 10.0 Å². The molecule has 0 aliphatic carbocycles. The van der Waals surface area contributed by atoms with Crippen LogP contribution in [0.15, 0.2) is 131 Å². The molecule has 0 atom stereocenters. The minimum absolute atomic E-state index is 0.260. The molecule has 0 aliphatic heterocycles. The molecule has 0 aromatic heterocycles. The predicted molar refractivity (Wildman–Crippen MR) is 155 cm³/mol. The zero-order chi connectivity index (χ0) is 27.2. The van der Waals surface area contributed by atoms with Crippen LogP contribution >= 0.6 is 15.9 Å². The van der Waals surface area contributed by atoms with E-state index in [0.29, 0.717) is 22.3 Å². The topological polar surface area (TPSA) is 88.0 Å². The van der Waals surface area contributed by atoms with Gasteiger partial charge in [-0.2, -0.15) is 5.10 Å². The molecule has 1 amide bonds. The van der Waals surface area contributed by atoms with E-state index in [1.807, 2.05) is 30.3 Å². The smallest absolute Gasteiger partial charge is 0.344 e. The largest absolute Gasteiger partial charge is 0.422 e. The van der Waals surface area contributed by atoms with E-state index < -0.39 is 17.5 Å². The molecule has 0 radical (unpaired) electrons. The van der Waals surface area contributed by atoms with Crippen molar-refractivity contribution in [1.82, 2.24) is 5.43 Å². The van der Waals surface area contributed by atoms with E-state index in [4.69, 9.17) is 4.74 Å². The molecule has 0 heterocycles. The predicted octanol–water partition coefficient (Wildman–Crippen LogP) is 6.21. The van der Waals surface area contributed by atoms with E-state index in [0.717, 1.165) is 15.2 Å². The third-order valence-corrected chi connectivity index (χ3v) is 6.76. The van der Waals surface area contributed by atoms with Crippen molar-refractivity contribution < 1.29 is 19.4 Å². The zero-order valence-corrected chi connectivity index (χ0v) is 22.2. The monoisotopic (exact) mass is 578 g/mol. The van der Waals surface area contributed by atoms with Crippen molar-refractivity contribution in [2.75, 3.05) is 0 Å². The zero-order valence-electron chi connectivity index (χ0n) is 20.6. The first kappa shape index (κ1) is 26.0. The molecule has 2 N–H and O–H groups in total. The van der Waals surface area contributed by atoms with Crippen molar-refractivity contribution in [2.45, 2.75) is 5.60 Å². The average molecular weight is 579 g/mol. The minimum atomic E-state index is -1.97. The van der Waals surface area contributed by atoms with E-state index in [1.54, 1.807) is 91.0 Å². The summed E-state index contributed by atoms with van der Waals surface area (Å²) in [6.07, 6.45) is 1.37. The molecule has 5 aromatic rings. The minimum Gasteiger partial charge on any atom is -0.422 e. The lowest BCUT2D eigenvalue weighted by Crippen LogP contribution is -2.43. The number of amides is 1. The Balaban J connectivity index is 1.40. The van der Waals surface area contributed by atoms with Gasteiger partial charge in [0.25, 0.3) is 5.91 Å². The highest BCUT2D eigenvalue weighted by molar-refractivity contribution is 9.10.